The van der Waals surface area contributed by atoms with Crippen LogP contribution in [0.4, 0.5) is 0 Å². The number of amides is 1. The quantitative estimate of drug-likeness (QED) is 0.792. The van der Waals surface area contributed by atoms with Crippen LogP contribution < -0.4 is 10.5 Å². The van der Waals surface area contributed by atoms with E-state index in [1.165, 1.54) is 0 Å². The van der Waals surface area contributed by atoms with Crippen molar-refractivity contribution in [2.75, 3.05) is 12.3 Å². The molecule has 6 heteroatoms. The molecule has 5 nitrogen and oxygen atoms in total. The lowest BCUT2D eigenvalue weighted by atomic mass is 10.1. The molecule has 1 amide bonds. The maximum atomic E-state index is 11.6. The lowest BCUT2D eigenvalue weighted by molar-refractivity contribution is 0.0956. The van der Waals surface area contributed by atoms with E-state index in [1.807, 2.05) is 19.1 Å². The van der Waals surface area contributed by atoms with Crippen molar-refractivity contribution in [2.45, 2.75) is 13.3 Å². The summed E-state index contributed by atoms with van der Waals surface area (Å²) < 4.78 is 21.3. The van der Waals surface area contributed by atoms with Gasteiger partial charge in [-0.2, -0.15) is 0 Å². The Labute approximate surface area is 101 Å². The molecule has 0 radical (unpaired) electrons. The fraction of sp³-hybridized carbons (Fsp3) is 0.364. The van der Waals surface area contributed by atoms with Crippen LogP contribution in [0.25, 0.3) is 0 Å². The summed E-state index contributed by atoms with van der Waals surface area (Å²) in [7, 11) is -3.53. The summed E-state index contributed by atoms with van der Waals surface area (Å²) in [5.41, 5.74) is 1.66. The van der Waals surface area contributed by atoms with Crippen LogP contribution in [0, 0.1) is 0 Å². The van der Waals surface area contributed by atoms with Gasteiger partial charge in [0.05, 0.1) is 5.75 Å². The Morgan fingerprint density at radius 1 is 1.29 bits per heavy atom. The Balaban J connectivity index is 2.52. The average molecular weight is 256 g/mol. The zero-order valence-corrected chi connectivity index (χ0v) is 10.5. The van der Waals surface area contributed by atoms with E-state index in [2.05, 4.69) is 5.32 Å². The van der Waals surface area contributed by atoms with E-state index in [4.69, 9.17) is 5.14 Å². The maximum Gasteiger partial charge on any atom is 0.251 e. The molecule has 0 atom stereocenters. The van der Waals surface area contributed by atoms with Crippen molar-refractivity contribution >= 4 is 15.9 Å². The summed E-state index contributed by atoms with van der Waals surface area (Å²) in [4.78, 5) is 11.6. The number of nitrogens with one attached hydrogen (secondary N) is 1. The molecule has 0 aliphatic heterocycles. The Kier molecular flexibility index (Phi) is 4.65. The van der Waals surface area contributed by atoms with Crippen LogP contribution >= 0.6 is 0 Å². The van der Waals surface area contributed by atoms with Gasteiger partial charge in [0.1, 0.15) is 0 Å². The van der Waals surface area contributed by atoms with Gasteiger partial charge in [0, 0.05) is 12.1 Å². The Hall–Kier alpha value is -1.40. The summed E-state index contributed by atoms with van der Waals surface area (Å²) in [6, 6.07) is 7.17. The summed E-state index contributed by atoms with van der Waals surface area (Å²) >= 11 is 0. The summed E-state index contributed by atoms with van der Waals surface area (Å²) in [6.45, 7) is 2.05. The van der Waals surface area contributed by atoms with Crippen LogP contribution in [0.3, 0.4) is 0 Å². The van der Waals surface area contributed by atoms with Crippen LogP contribution in [0.2, 0.25) is 0 Å². The molecule has 0 aliphatic carbocycles. The Bertz CT molecular complexity index is 480. The summed E-state index contributed by atoms with van der Waals surface area (Å²) in [5, 5.41) is 7.31. The smallest absolute Gasteiger partial charge is 0.251 e. The minimum absolute atomic E-state index is 0.0210. The number of sulfonamides is 1. The van der Waals surface area contributed by atoms with Crippen molar-refractivity contribution in [3.8, 4) is 0 Å². The normalized spacial score (nSPS) is 11.2. The van der Waals surface area contributed by atoms with Crippen molar-refractivity contribution in [3.05, 3.63) is 35.4 Å². The molecule has 0 spiro atoms. The Morgan fingerprint density at radius 2 is 1.88 bits per heavy atom. The van der Waals surface area contributed by atoms with Gasteiger partial charge >= 0.3 is 0 Å². The van der Waals surface area contributed by atoms with Gasteiger partial charge in [-0.1, -0.05) is 19.1 Å². The standard InChI is InChI=1S/C11H16N2O3S/c1-2-9-3-5-10(6-4-9)11(14)13-7-8-17(12,15)16/h3-6H,2,7-8H2,1H3,(H,13,14)(H2,12,15,16). The largest absolute Gasteiger partial charge is 0.351 e. The molecular weight excluding hydrogens is 240 g/mol. The predicted molar refractivity (Wildman–Crippen MR) is 66.1 cm³/mol. The van der Waals surface area contributed by atoms with E-state index in [-0.39, 0.29) is 18.2 Å². The zero-order valence-electron chi connectivity index (χ0n) is 9.64. The molecule has 0 fully saturated rings. The van der Waals surface area contributed by atoms with E-state index >= 15 is 0 Å². The summed E-state index contributed by atoms with van der Waals surface area (Å²) in [5.74, 6) is -0.553. The SMILES string of the molecule is CCc1ccc(C(=O)NCCS(N)(=O)=O)cc1. The molecule has 94 valence electrons. The second-order valence-electron chi connectivity index (χ2n) is 3.67. The first-order chi connectivity index (χ1) is 7.92. The number of carbonyl (C=O) groups is 1. The van der Waals surface area contributed by atoms with Gasteiger partial charge in [-0.15, -0.1) is 0 Å². The van der Waals surface area contributed by atoms with Gasteiger partial charge in [-0.05, 0) is 24.1 Å². The van der Waals surface area contributed by atoms with E-state index in [1.54, 1.807) is 12.1 Å². The predicted octanol–water partition coefficient (Wildman–Crippen LogP) is 0.267. The summed E-state index contributed by atoms with van der Waals surface area (Å²) in [6.07, 6.45) is 0.910. The number of rotatable bonds is 5. The molecular formula is C11H16N2O3S. The van der Waals surface area contributed by atoms with E-state index in [0.717, 1.165) is 12.0 Å². The molecule has 0 aromatic heterocycles. The number of carbonyl (C=O) groups excluding carboxylic acids is 1. The van der Waals surface area contributed by atoms with Crippen molar-refractivity contribution < 1.29 is 13.2 Å². The molecule has 3 N–H and O–H groups in total. The molecule has 0 unspecified atom stereocenters. The minimum atomic E-state index is -3.53. The topological polar surface area (TPSA) is 89.3 Å². The van der Waals surface area contributed by atoms with Crippen molar-refractivity contribution in [1.29, 1.82) is 0 Å². The number of nitrogens with two attached hydrogens (primary N) is 1. The van der Waals surface area contributed by atoms with E-state index in [0.29, 0.717) is 5.56 Å². The first kappa shape index (κ1) is 13.7. The van der Waals surface area contributed by atoms with Gasteiger partial charge in [0.2, 0.25) is 10.0 Å². The van der Waals surface area contributed by atoms with E-state index in [9.17, 15) is 13.2 Å². The van der Waals surface area contributed by atoms with Gasteiger partial charge in [-0.3, -0.25) is 4.79 Å². The lowest BCUT2D eigenvalue weighted by Gasteiger charge is -2.04. The molecule has 0 aliphatic rings. The number of primary sulfonamides is 1. The van der Waals surface area contributed by atoms with Crippen LogP contribution in [-0.2, 0) is 16.4 Å². The van der Waals surface area contributed by atoms with Crippen molar-refractivity contribution in [1.82, 2.24) is 5.32 Å². The molecule has 0 saturated heterocycles. The second kappa shape index (κ2) is 5.79. The highest BCUT2D eigenvalue weighted by atomic mass is 32.2. The van der Waals surface area contributed by atoms with Crippen LogP contribution in [-0.4, -0.2) is 26.6 Å². The lowest BCUT2D eigenvalue weighted by Crippen LogP contribution is -2.31. The molecule has 0 heterocycles. The molecule has 17 heavy (non-hydrogen) atoms. The first-order valence-electron chi connectivity index (χ1n) is 5.30. The zero-order chi connectivity index (χ0) is 12.9. The number of hydrogen-bond donors (Lipinski definition) is 2. The molecule has 0 saturated carbocycles. The second-order valence-corrected chi connectivity index (χ2v) is 5.41. The molecule has 1 aromatic rings. The fourth-order valence-corrected chi connectivity index (χ4v) is 1.69. The van der Waals surface area contributed by atoms with Gasteiger partial charge in [0.25, 0.3) is 5.91 Å². The van der Waals surface area contributed by atoms with Gasteiger partial charge in [0.15, 0.2) is 0 Å². The number of hydrogen-bond acceptors (Lipinski definition) is 3. The number of aryl methyl sites for hydroxylation is 1. The average Bonchev–Trinajstić information content (AvgIpc) is 2.27. The van der Waals surface area contributed by atoms with Crippen molar-refractivity contribution in [3.63, 3.8) is 0 Å². The number of benzene rings is 1. The molecule has 1 aromatic carbocycles. The highest BCUT2D eigenvalue weighted by Gasteiger charge is 2.07. The van der Waals surface area contributed by atoms with E-state index < -0.39 is 10.0 Å². The molecule has 0 bridgehead atoms. The van der Waals surface area contributed by atoms with Crippen LogP contribution in [0.15, 0.2) is 24.3 Å². The highest BCUT2D eigenvalue weighted by molar-refractivity contribution is 7.89. The minimum Gasteiger partial charge on any atom is -0.351 e. The highest BCUT2D eigenvalue weighted by Crippen LogP contribution is 2.04. The van der Waals surface area contributed by atoms with Crippen LogP contribution in [0.1, 0.15) is 22.8 Å². The third-order valence-corrected chi connectivity index (χ3v) is 3.07. The fourth-order valence-electron chi connectivity index (χ4n) is 1.30. The molecule has 1 rings (SSSR count). The van der Waals surface area contributed by atoms with Crippen LogP contribution in [0.5, 0.6) is 0 Å². The third kappa shape index (κ3) is 4.97. The van der Waals surface area contributed by atoms with Crippen molar-refractivity contribution in [2.24, 2.45) is 5.14 Å². The van der Waals surface area contributed by atoms with Gasteiger partial charge in [-0.25, -0.2) is 13.6 Å². The van der Waals surface area contributed by atoms with Gasteiger partial charge < -0.3 is 5.32 Å². The maximum absolute atomic E-state index is 11.6. The Morgan fingerprint density at radius 3 is 2.35 bits per heavy atom. The first-order valence-corrected chi connectivity index (χ1v) is 7.01. The monoisotopic (exact) mass is 256 g/mol. The third-order valence-electron chi connectivity index (χ3n) is 2.30.